The van der Waals surface area contributed by atoms with Crippen LogP contribution in [0.15, 0.2) is 108 Å². The zero-order valence-electron chi connectivity index (χ0n) is 25.1. The third kappa shape index (κ3) is 3.83. The van der Waals surface area contributed by atoms with Gasteiger partial charge < -0.3 is 4.42 Å². The minimum absolute atomic E-state index is 0.00860. The van der Waals surface area contributed by atoms with Gasteiger partial charge in [0.1, 0.15) is 11.4 Å². The number of para-hydroxylation sites is 3. The van der Waals surface area contributed by atoms with Crippen LogP contribution in [0.5, 0.6) is 0 Å². The summed E-state index contributed by atoms with van der Waals surface area (Å²) in [6, 6.07) is 34.5. The molecular formula is C35H29N3O. The second kappa shape index (κ2) is 8.67. The molecule has 3 aromatic heterocycles. The molecule has 3 heterocycles. The number of hydrogen-bond donors (Lipinski definition) is 0. The Morgan fingerprint density at radius 3 is 2.38 bits per heavy atom. The van der Waals surface area contributed by atoms with Crippen LogP contribution in [-0.2, 0) is 5.41 Å². The van der Waals surface area contributed by atoms with Gasteiger partial charge in [0, 0.05) is 26.1 Å². The van der Waals surface area contributed by atoms with Gasteiger partial charge in [-0.25, -0.2) is 9.97 Å². The van der Waals surface area contributed by atoms with Crippen LogP contribution in [-0.4, -0.2) is 14.5 Å². The average molecular weight is 511 g/mol. The lowest BCUT2D eigenvalue weighted by Crippen LogP contribution is -2.12. The molecule has 0 saturated heterocycles. The SMILES string of the molecule is [2H]C([2H])([2H])c1ccc2c(n1)oc1c(-c3nc4ccccc4n3-c3ccc(C(C)(C)C)cc3-c3ccccc3)cccc12. The van der Waals surface area contributed by atoms with E-state index in [4.69, 9.17) is 13.5 Å². The Labute approximate surface area is 231 Å². The van der Waals surface area contributed by atoms with E-state index in [1.165, 1.54) is 5.56 Å². The molecule has 39 heavy (non-hydrogen) atoms. The maximum atomic E-state index is 7.81. The first-order chi connectivity index (χ1) is 20.1. The van der Waals surface area contributed by atoms with Crippen LogP contribution < -0.4 is 0 Å². The Bertz CT molecular complexity index is 2120. The molecule has 4 aromatic carbocycles. The lowest BCUT2D eigenvalue weighted by molar-refractivity contribution is 0.590. The molecule has 0 aliphatic carbocycles. The highest BCUT2D eigenvalue weighted by atomic mass is 16.3. The van der Waals surface area contributed by atoms with Crippen molar-refractivity contribution in [2.45, 2.75) is 33.0 Å². The van der Waals surface area contributed by atoms with E-state index >= 15 is 0 Å². The summed E-state index contributed by atoms with van der Waals surface area (Å²) in [5.74, 6) is 0.734. The fraction of sp³-hybridized carbons (Fsp3) is 0.143. The Balaban J connectivity index is 1.54. The van der Waals surface area contributed by atoms with Crippen molar-refractivity contribution in [3.63, 3.8) is 0 Å². The second-order valence-electron chi connectivity index (χ2n) is 10.9. The lowest BCUT2D eigenvalue weighted by Gasteiger charge is -2.23. The van der Waals surface area contributed by atoms with E-state index in [1.54, 1.807) is 12.1 Å². The molecule has 0 aliphatic heterocycles. The van der Waals surface area contributed by atoms with Crippen molar-refractivity contribution in [2.75, 3.05) is 0 Å². The summed E-state index contributed by atoms with van der Waals surface area (Å²) >= 11 is 0. The molecule has 7 aromatic rings. The zero-order valence-corrected chi connectivity index (χ0v) is 22.1. The van der Waals surface area contributed by atoms with Gasteiger partial charge in [-0.3, -0.25) is 4.57 Å². The number of nitrogens with zero attached hydrogens (tertiary/aromatic N) is 3. The van der Waals surface area contributed by atoms with Gasteiger partial charge in [-0.2, -0.15) is 0 Å². The van der Waals surface area contributed by atoms with Crippen molar-refractivity contribution in [2.24, 2.45) is 0 Å². The highest BCUT2D eigenvalue weighted by Crippen LogP contribution is 2.40. The van der Waals surface area contributed by atoms with E-state index in [9.17, 15) is 0 Å². The van der Waals surface area contributed by atoms with Crippen LogP contribution in [0.1, 0.15) is 36.1 Å². The van der Waals surface area contributed by atoms with Crippen molar-refractivity contribution < 1.29 is 8.53 Å². The number of hydrogen-bond acceptors (Lipinski definition) is 3. The highest BCUT2D eigenvalue weighted by Gasteiger charge is 2.23. The second-order valence-corrected chi connectivity index (χ2v) is 10.9. The van der Waals surface area contributed by atoms with E-state index in [2.05, 4.69) is 78.9 Å². The molecule has 7 rings (SSSR count). The van der Waals surface area contributed by atoms with Gasteiger partial charge >= 0.3 is 0 Å². The van der Waals surface area contributed by atoms with Crippen molar-refractivity contribution >= 4 is 33.1 Å². The maximum absolute atomic E-state index is 7.81. The summed E-state index contributed by atoms with van der Waals surface area (Å²) < 4.78 is 31.9. The van der Waals surface area contributed by atoms with E-state index in [1.807, 2.05) is 42.5 Å². The first kappa shape index (κ1) is 20.3. The van der Waals surface area contributed by atoms with Crippen molar-refractivity contribution in [3.8, 4) is 28.2 Å². The smallest absolute Gasteiger partial charge is 0.227 e. The number of aromatic nitrogens is 3. The lowest BCUT2D eigenvalue weighted by atomic mass is 9.85. The van der Waals surface area contributed by atoms with Crippen LogP contribution in [0.3, 0.4) is 0 Å². The Hall–Kier alpha value is -4.70. The molecule has 0 spiro atoms. The molecule has 0 unspecified atom stereocenters. The van der Waals surface area contributed by atoms with Gasteiger partial charge in [0.05, 0.1) is 22.3 Å². The molecule has 0 bridgehead atoms. The first-order valence-electron chi connectivity index (χ1n) is 14.6. The Morgan fingerprint density at radius 1 is 0.744 bits per heavy atom. The van der Waals surface area contributed by atoms with E-state index in [0.717, 1.165) is 50.0 Å². The highest BCUT2D eigenvalue weighted by molar-refractivity contribution is 6.08. The quantitative estimate of drug-likeness (QED) is 0.238. The predicted octanol–water partition coefficient (Wildman–Crippen LogP) is 9.26. The van der Waals surface area contributed by atoms with E-state index in [-0.39, 0.29) is 11.1 Å². The Kier molecular flexibility index (Phi) is 4.51. The maximum Gasteiger partial charge on any atom is 0.227 e. The summed E-state index contributed by atoms with van der Waals surface area (Å²) in [5.41, 5.74) is 8.01. The number of imidazole rings is 1. The summed E-state index contributed by atoms with van der Waals surface area (Å²) in [4.78, 5) is 9.51. The van der Waals surface area contributed by atoms with Crippen molar-refractivity contribution in [1.29, 1.82) is 0 Å². The molecule has 0 saturated carbocycles. The van der Waals surface area contributed by atoms with Crippen LogP contribution in [0.2, 0.25) is 0 Å². The van der Waals surface area contributed by atoms with Crippen molar-refractivity contribution in [3.05, 3.63) is 114 Å². The van der Waals surface area contributed by atoms with Crippen LogP contribution >= 0.6 is 0 Å². The summed E-state index contributed by atoms with van der Waals surface area (Å²) in [5, 5.41) is 1.62. The number of benzene rings is 4. The summed E-state index contributed by atoms with van der Waals surface area (Å²) in [6.45, 7) is 4.35. The predicted molar refractivity (Wildman–Crippen MR) is 160 cm³/mol. The summed E-state index contributed by atoms with van der Waals surface area (Å²) in [6.07, 6.45) is 0. The molecular weight excluding hydrogens is 478 g/mol. The molecule has 0 aliphatic rings. The standard InChI is InChI=1S/C35H29N3O/c1-22-17-19-26-25-13-10-14-27(32(25)39-34(26)36-22)33-37-29-15-8-9-16-31(29)38(33)30-20-18-24(35(2,3)4)21-28(30)23-11-6-5-7-12-23/h5-21H,1-4H3/i1D3. The molecule has 0 N–H and O–H groups in total. The molecule has 0 atom stereocenters. The number of fused-ring (bicyclic) bond motifs is 4. The molecule has 190 valence electrons. The average Bonchev–Trinajstić information content (AvgIpc) is 3.54. The van der Waals surface area contributed by atoms with Crippen molar-refractivity contribution in [1.82, 2.24) is 14.5 Å². The molecule has 0 fully saturated rings. The van der Waals surface area contributed by atoms with Gasteiger partial charge in [-0.15, -0.1) is 0 Å². The Morgan fingerprint density at radius 2 is 1.56 bits per heavy atom. The topological polar surface area (TPSA) is 43.9 Å². The minimum Gasteiger partial charge on any atom is -0.437 e. The van der Waals surface area contributed by atoms with Gasteiger partial charge in [-0.1, -0.05) is 81.4 Å². The number of rotatable bonds is 3. The summed E-state index contributed by atoms with van der Waals surface area (Å²) in [7, 11) is 0. The van der Waals surface area contributed by atoms with E-state index in [0.29, 0.717) is 11.3 Å². The third-order valence-electron chi connectivity index (χ3n) is 7.35. The van der Waals surface area contributed by atoms with Gasteiger partial charge in [0.2, 0.25) is 5.71 Å². The van der Waals surface area contributed by atoms with Gasteiger partial charge in [0.25, 0.3) is 0 Å². The minimum atomic E-state index is -2.32. The van der Waals surface area contributed by atoms with Crippen LogP contribution in [0.4, 0.5) is 0 Å². The molecule has 4 nitrogen and oxygen atoms in total. The monoisotopic (exact) mass is 510 g/mol. The fourth-order valence-electron chi connectivity index (χ4n) is 5.35. The fourth-order valence-corrected chi connectivity index (χ4v) is 5.35. The zero-order chi connectivity index (χ0) is 29.2. The van der Waals surface area contributed by atoms with Crippen LogP contribution in [0.25, 0.3) is 61.3 Å². The van der Waals surface area contributed by atoms with E-state index < -0.39 is 6.85 Å². The first-order valence-corrected chi connectivity index (χ1v) is 13.1. The largest absolute Gasteiger partial charge is 0.437 e. The number of pyridine rings is 1. The van der Waals surface area contributed by atoms with Gasteiger partial charge in [0.15, 0.2) is 0 Å². The number of aryl methyl sites for hydroxylation is 1. The molecule has 0 radical (unpaired) electrons. The molecule has 4 heteroatoms. The number of furan rings is 1. The normalized spacial score (nSPS) is 13.6. The van der Waals surface area contributed by atoms with Crippen LogP contribution in [0, 0.1) is 6.85 Å². The van der Waals surface area contributed by atoms with Gasteiger partial charge in [-0.05, 0) is 65.9 Å². The molecule has 0 amide bonds. The third-order valence-corrected chi connectivity index (χ3v) is 7.35.